The fourth-order valence-electron chi connectivity index (χ4n) is 2.26. The topological polar surface area (TPSA) is 40.6 Å². The highest BCUT2D eigenvalue weighted by atomic mass is 16.7. The van der Waals surface area contributed by atoms with Crippen LogP contribution >= 0.6 is 0 Å². The molecule has 0 aliphatic carbocycles. The average Bonchev–Trinajstić information content (AvgIpc) is 2.73. The lowest BCUT2D eigenvalue weighted by atomic mass is 9.81. The van der Waals surface area contributed by atoms with E-state index in [2.05, 4.69) is 4.98 Å². The maximum Gasteiger partial charge on any atom is 0.514 e. The summed E-state index contributed by atoms with van der Waals surface area (Å²) in [5.41, 5.74) is -0.535. The molecule has 0 radical (unpaired) electrons. The van der Waals surface area contributed by atoms with E-state index in [1.54, 1.807) is 0 Å². The van der Waals surface area contributed by atoms with E-state index in [9.17, 15) is 0 Å². The van der Waals surface area contributed by atoms with Gasteiger partial charge in [-0.2, -0.15) is 0 Å². The summed E-state index contributed by atoms with van der Waals surface area (Å²) in [5, 5.41) is 0. The van der Waals surface area contributed by atoms with Crippen LogP contribution < -0.4 is 5.59 Å². The first-order chi connectivity index (χ1) is 11.7. The van der Waals surface area contributed by atoms with Crippen LogP contribution in [0.15, 0.2) is 18.3 Å². The maximum absolute atomic E-state index is 8.75. The lowest BCUT2D eigenvalue weighted by Gasteiger charge is -2.32. The van der Waals surface area contributed by atoms with Crippen molar-refractivity contribution < 1.29 is 20.9 Å². The van der Waals surface area contributed by atoms with Crippen LogP contribution in [0.3, 0.4) is 0 Å². The Morgan fingerprint density at radius 3 is 2.48 bits per heavy atom. The monoisotopic (exact) mass is 294 g/mol. The van der Waals surface area contributed by atoms with Crippen LogP contribution in [-0.4, -0.2) is 36.5 Å². The third-order valence-corrected chi connectivity index (χ3v) is 4.27. The van der Waals surface area contributed by atoms with Crippen molar-refractivity contribution in [3.63, 3.8) is 0 Å². The van der Waals surface area contributed by atoms with Crippen LogP contribution in [0, 0.1) is 0 Å². The summed E-state index contributed by atoms with van der Waals surface area (Å²) in [7, 11) is -0.764. The molecule has 21 heavy (non-hydrogen) atoms. The van der Waals surface area contributed by atoms with E-state index in [4.69, 9.17) is 20.9 Å². The van der Waals surface area contributed by atoms with Gasteiger partial charge in [-0.25, -0.2) is 0 Å². The zero-order valence-electron chi connectivity index (χ0n) is 17.9. The van der Waals surface area contributed by atoms with Crippen LogP contribution in [-0.2, 0) is 14.0 Å². The Labute approximate surface area is 134 Å². The first-order valence-corrected chi connectivity index (χ1v) is 7.13. The Morgan fingerprint density at radius 1 is 1.24 bits per heavy atom. The summed E-state index contributed by atoms with van der Waals surface area (Å²) in [6.07, 6.45) is -2.97. The van der Waals surface area contributed by atoms with Gasteiger partial charge >= 0.3 is 7.12 Å². The Balaban J connectivity index is 2.02. The molecule has 2 fully saturated rings. The van der Waals surface area contributed by atoms with Crippen molar-refractivity contribution in [1.29, 1.82) is 0 Å². The van der Waals surface area contributed by atoms with E-state index in [0.717, 1.165) is 0 Å². The standard InChI is InChI=1S/C16H24BNO3/c1-15(2)16(3,4)21-17(20-15)14-11-13(5-8-18-14)12-6-9-19-10-7-12/h5,8,11-12H,6-7,9-10H2,1-4H3/i6D2,7D2,12D. The van der Waals surface area contributed by atoms with Gasteiger partial charge in [0.25, 0.3) is 0 Å². The largest absolute Gasteiger partial charge is 0.514 e. The number of hydrogen-bond donors (Lipinski definition) is 0. The third kappa shape index (κ3) is 2.87. The third-order valence-electron chi connectivity index (χ3n) is 4.27. The van der Waals surface area contributed by atoms with Crippen LogP contribution in [0.5, 0.6) is 0 Å². The fraction of sp³-hybridized carbons (Fsp3) is 0.688. The van der Waals surface area contributed by atoms with Gasteiger partial charge in [0.05, 0.1) is 16.8 Å². The predicted molar refractivity (Wildman–Crippen MR) is 82.7 cm³/mol. The van der Waals surface area contributed by atoms with E-state index in [0.29, 0.717) is 5.59 Å². The van der Waals surface area contributed by atoms with Crippen LogP contribution in [0.4, 0.5) is 0 Å². The second-order valence-electron chi connectivity index (χ2n) is 6.28. The zero-order chi connectivity index (χ0) is 19.6. The van der Waals surface area contributed by atoms with E-state index in [1.165, 1.54) is 18.3 Å². The van der Waals surface area contributed by atoms with Crippen molar-refractivity contribution in [2.24, 2.45) is 0 Å². The summed E-state index contributed by atoms with van der Waals surface area (Å²) < 4.78 is 58.6. The van der Waals surface area contributed by atoms with Crippen LogP contribution in [0.2, 0.25) is 0 Å². The van der Waals surface area contributed by atoms with Gasteiger partial charge in [0.1, 0.15) is 0 Å². The van der Waals surface area contributed by atoms with E-state index in [-0.39, 0.29) is 18.8 Å². The fourth-order valence-corrected chi connectivity index (χ4v) is 2.26. The molecule has 2 aliphatic rings. The first-order valence-electron chi connectivity index (χ1n) is 9.63. The number of pyridine rings is 1. The lowest BCUT2D eigenvalue weighted by molar-refractivity contribution is 0.00578. The molecule has 0 N–H and O–H groups in total. The Bertz CT molecular complexity index is 681. The van der Waals surface area contributed by atoms with Crippen molar-refractivity contribution in [3.05, 3.63) is 23.9 Å². The summed E-state index contributed by atoms with van der Waals surface area (Å²) in [4.78, 5) is 4.26. The minimum Gasteiger partial charge on any atom is -0.398 e. The summed E-state index contributed by atoms with van der Waals surface area (Å²) in [6, 6.07) is 2.98. The summed E-state index contributed by atoms with van der Waals surface area (Å²) in [5.74, 6) is -2.14. The van der Waals surface area contributed by atoms with Gasteiger partial charge in [-0.15, -0.1) is 0 Å². The SMILES string of the molecule is [2H]C1([2H])COCC([2H])([2H])C1([2H])c1ccnc(B2OC(C)(C)C(C)(C)O2)c1. The van der Waals surface area contributed by atoms with E-state index in [1.807, 2.05) is 27.7 Å². The number of ether oxygens (including phenoxy) is 1. The van der Waals surface area contributed by atoms with Crippen molar-refractivity contribution in [3.8, 4) is 0 Å². The van der Waals surface area contributed by atoms with Gasteiger partial charge in [0, 0.05) is 26.3 Å². The molecule has 4 nitrogen and oxygen atoms in total. The average molecular weight is 294 g/mol. The van der Waals surface area contributed by atoms with E-state index >= 15 is 0 Å². The van der Waals surface area contributed by atoms with Crippen LogP contribution in [0.1, 0.15) is 58.8 Å². The van der Waals surface area contributed by atoms with Gasteiger partial charge in [-0.05, 0) is 64.0 Å². The van der Waals surface area contributed by atoms with E-state index < -0.39 is 37.0 Å². The Morgan fingerprint density at radius 2 is 1.86 bits per heavy atom. The quantitative estimate of drug-likeness (QED) is 0.785. The molecule has 0 aromatic carbocycles. The van der Waals surface area contributed by atoms with Gasteiger partial charge < -0.3 is 14.0 Å². The molecule has 5 heteroatoms. The van der Waals surface area contributed by atoms with Crippen molar-refractivity contribution in [2.45, 2.75) is 57.5 Å². The molecule has 0 atom stereocenters. The van der Waals surface area contributed by atoms with Crippen molar-refractivity contribution in [1.82, 2.24) is 4.98 Å². The lowest BCUT2D eigenvalue weighted by Crippen LogP contribution is -2.41. The minimum absolute atomic E-state index is 0.190. The molecule has 1 aromatic rings. The van der Waals surface area contributed by atoms with Gasteiger partial charge in [-0.1, -0.05) is 0 Å². The smallest absolute Gasteiger partial charge is 0.398 e. The van der Waals surface area contributed by atoms with Crippen molar-refractivity contribution >= 4 is 12.7 Å². The number of rotatable bonds is 2. The molecule has 2 aliphatic heterocycles. The highest BCUT2D eigenvalue weighted by molar-refractivity contribution is 6.61. The molecule has 114 valence electrons. The molecule has 0 amide bonds. The van der Waals surface area contributed by atoms with Crippen LogP contribution in [0.25, 0.3) is 0 Å². The summed E-state index contributed by atoms with van der Waals surface area (Å²) in [6.45, 7) is 6.97. The molecule has 0 bridgehead atoms. The molecule has 1 aromatic heterocycles. The van der Waals surface area contributed by atoms with Gasteiger partial charge in [0.2, 0.25) is 0 Å². The van der Waals surface area contributed by atoms with Crippen molar-refractivity contribution in [2.75, 3.05) is 13.2 Å². The molecule has 3 heterocycles. The molecule has 2 saturated heterocycles. The number of hydrogen-bond acceptors (Lipinski definition) is 4. The minimum atomic E-state index is -2.21. The first kappa shape index (κ1) is 9.98. The summed E-state index contributed by atoms with van der Waals surface area (Å²) >= 11 is 0. The highest BCUT2D eigenvalue weighted by Crippen LogP contribution is 2.36. The molecule has 0 saturated carbocycles. The second kappa shape index (κ2) is 5.38. The second-order valence-corrected chi connectivity index (χ2v) is 6.28. The maximum atomic E-state index is 8.75. The molecule has 3 rings (SSSR count). The molecule has 0 spiro atoms. The molecular formula is C16H24BNO3. The predicted octanol–water partition coefficient (Wildman–Crippen LogP) is 2.27. The van der Waals surface area contributed by atoms with Gasteiger partial charge in [0.15, 0.2) is 0 Å². The highest BCUT2D eigenvalue weighted by Gasteiger charge is 2.52. The van der Waals surface area contributed by atoms with Gasteiger partial charge in [-0.3, -0.25) is 4.98 Å². The normalized spacial score (nSPS) is 35.0. The Kier molecular flexibility index (Phi) is 2.56. The zero-order valence-corrected chi connectivity index (χ0v) is 12.9. The number of aromatic nitrogens is 1. The molecule has 0 unspecified atom stereocenters. The number of nitrogens with zero attached hydrogens (tertiary/aromatic N) is 1. The molecular weight excluding hydrogens is 265 g/mol. The Hall–Kier alpha value is -0.905.